The van der Waals surface area contributed by atoms with Gasteiger partial charge in [0.05, 0.1) is 11.4 Å². The number of benzene rings is 2. The van der Waals surface area contributed by atoms with E-state index in [0.29, 0.717) is 10.2 Å². The first-order chi connectivity index (χ1) is 9.28. The van der Waals surface area contributed by atoms with Crippen molar-refractivity contribution in [2.45, 2.75) is 11.8 Å². The van der Waals surface area contributed by atoms with Crippen LogP contribution < -0.4 is 10.5 Å². The lowest BCUT2D eigenvalue weighted by molar-refractivity contribution is 0.601. The molecule has 0 aliphatic carbocycles. The Labute approximate surface area is 134 Å². The summed E-state index contributed by atoms with van der Waals surface area (Å²) < 4.78 is 28.7. The zero-order valence-corrected chi connectivity index (χ0v) is 14.5. The highest BCUT2D eigenvalue weighted by Crippen LogP contribution is 2.26. The number of aryl methyl sites for hydroxylation is 1. The molecule has 2 rings (SSSR count). The van der Waals surface area contributed by atoms with Crippen LogP contribution >= 0.6 is 31.9 Å². The van der Waals surface area contributed by atoms with Gasteiger partial charge in [-0.3, -0.25) is 4.72 Å². The highest BCUT2D eigenvalue weighted by atomic mass is 79.9. The number of rotatable bonds is 3. The van der Waals surface area contributed by atoms with Crippen LogP contribution in [0.5, 0.6) is 0 Å². The molecule has 0 radical (unpaired) electrons. The molecule has 0 aliphatic heterocycles. The van der Waals surface area contributed by atoms with Gasteiger partial charge in [-0.25, -0.2) is 8.42 Å². The molecule has 3 N–H and O–H groups in total. The summed E-state index contributed by atoms with van der Waals surface area (Å²) in [6.07, 6.45) is 0. The molecule has 0 saturated heterocycles. The van der Waals surface area contributed by atoms with E-state index in [9.17, 15) is 8.42 Å². The number of nitrogen functional groups attached to an aromatic ring is 1. The van der Waals surface area contributed by atoms with Gasteiger partial charge in [-0.2, -0.15) is 0 Å². The largest absolute Gasteiger partial charge is 0.398 e. The molecule has 0 fully saturated rings. The van der Waals surface area contributed by atoms with E-state index in [1.807, 2.05) is 13.0 Å². The van der Waals surface area contributed by atoms with Gasteiger partial charge in [0, 0.05) is 8.95 Å². The Morgan fingerprint density at radius 2 is 1.75 bits per heavy atom. The molecule has 0 atom stereocenters. The molecule has 0 bridgehead atoms. The number of sulfonamides is 1. The second-order valence-electron chi connectivity index (χ2n) is 4.30. The first-order valence-corrected chi connectivity index (χ1v) is 8.70. The average Bonchev–Trinajstić information content (AvgIpc) is 2.30. The summed E-state index contributed by atoms with van der Waals surface area (Å²) >= 11 is 6.58. The minimum Gasteiger partial charge on any atom is -0.398 e. The number of anilines is 2. The second-order valence-corrected chi connectivity index (χ2v) is 7.79. The van der Waals surface area contributed by atoms with E-state index in [0.717, 1.165) is 10.0 Å². The molecule has 0 saturated carbocycles. The Bertz CT molecular complexity index is 741. The maximum Gasteiger partial charge on any atom is 0.263 e. The zero-order valence-electron chi connectivity index (χ0n) is 10.5. The third kappa shape index (κ3) is 3.53. The van der Waals surface area contributed by atoms with Gasteiger partial charge in [-0.15, -0.1) is 0 Å². The highest BCUT2D eigenvalue weighted by Gasteiger charge is 2.18. The maximum absolute atomic E-state index is 12.4. The van der Waals surface area contributed by atoms with Gasteiger partial charge in [0.1, 0.15) is 4.90 Å². The number of halogens is 2. The molecule has 0 spiro atoms. The lowest BCUT2D eigenvalue weighted by Gasteiger charge is -2.11. The molecular weight excluding hydrogens is 408 g/mol. The number of hydrogen-bond acceptors (Lipinski definition) is 3. The molecule has 0 aromatic heterocycles. The van der Waals surface area contributed by atoms with Crippen molar-refractivity contribution in [1.82, 2.24) is 0 Å². The van der Waals surface area contributed by atoms with Crippen LogP contribution in [0.1, 0.15) is 5.56 Å². The standard InChI is InChI=1S/C13H12Br2N2O2S/c1-8-4-10(15)6-11(5-8)17-20(18,19)13-7-9(14)2-3-12(13)16/h2-7,17H,16H2,1H3. The van der Waals surface area contributed by atoms with Crippen LogP contribution in [0.3, 0.4) is 0 Å². The van der Waals surface area contributed by atoms with Crippen molar-refractivity contribution in [1.29, 1.82) is 0 Å². The first kappa shape index (κ1) is 15.3. The predicted octanol–water partition coefficient (Wildman–Crippen LogP) is 3.90. The van der Waals surface area contributed by atoms with Crippen LogP contribution in [0.2, 0.25) is 0 Å². The van der Waals surface area contributed by atoms with Crippen molar-refractivity contribution >= 4 is 53.3 Å². The van der Waals surface area contributed by atoms with Gasteiger partial charge in [0.25, 0.3) is 10.0 Å². The topological polar surface area (TPSA) is 72.2 Å². The summed E-state index contributed by atoms with van der Waals surface area (Å²) in [5.74, 6) is 0. The molecule has 4 nitrogen and oxygen atoms in total. The molecule has 0 heterocycles. The fraction of sp³-hybridized carbons (Fsp3) is 0.0769. The van der Waals surface area contributed by atoms with E-state index in [-0.39, 0.29) is 10.6 Å². The monoisotopic (exact) mass is 418 g/mol. The van der Waals surface area contributed by atoms with Gasteiger partial charge in [-0.1, -0.05) is 31.9 Å². The van der Waals surface area contributed by atoms with Gasteiger partial charge < -0.3 is 5.73 Å². The summed E-state index contributed by atoms with van der Waals surface area (Å²) in [6, 6.07) is 10.0. The Morgan fingerprint density at radius 1 is 1.05 bits per heavy atom. The zero-order chi connectivity index (χ0) is 14.9. The average molecular weight is 420 g/mol. The van der Waals surface area contributed by atoms with Crippen molar-refractivity contribution in [3.8, 4) is 0 Å². The molecule has 7 heteroatoms. The van der Waals surface area contributed by atoms with Crippen molar-refractivity contribution in [3.63, 3.8) is 0 Å². The highest BCUT2D eigenvalue weighted by molar-refractivity contribution is 9.10. The molecule has 2 aromatic rings. The smallest absolute Gasteiger partial charge is 0.263 e. The van der Waals surface area contributed by atoms with Gasteiger partial charge >= 0.3 is 0 Å². The molecule has 0 aliphatic rings. The summed E-state index contributed by atoms with van der Waals surface area (Å²) in [7, 11) is -3.73. The first-order valence-electron chi connectivity index (χ1n) is 5.63. The third-order valence-electron chi connectivity index (χ3n) is 2.56. The third-order valence-corrected chi connectivity index (χ3v) is 4.95. The van der Waals surface area contributed by atoms with E-state index in [2.05, 4.69) is 36.6 Å². The molecule has 2 aromatic carbocycles. The molecule has 0 amide bonds. The summed E-state index contributed by atoms with van der Waals surface area (Å²) in [6.45, 7) is 1.88. The maximum atomic E-state index is 12.4. The Hall–Kier alpha value is -1.05. The van der Waals surface area contributed by atoms with Crippen molar-refractivity contribution in [2.75, 3.05) is 10.5 Å². The van der Waals surface area contributed by atoms with Crippen molar-refractivity contribution in [2.24, 2.45) is 0 Å². The van der Waals surface area contributed by atoms with Crippen LogP contribution in [0.25, 0.3) is 0 Å². The van der Waals surface area contributed by atoms with Crippen LogP contribution in [-0.4, -0.2) is 8.42 Å². The Morgan fingerprint density at radius 3 is 2.40 bits per heavy atom. The van der Waals surface area contributed by atoms with Crippen LogP contribution in [-0.2, 0) is 10.0 Å². The Balaban J connectivity index is 2.43. The minimum atomic E-state index is -3.73. The van der Waals surface area contributed by atoms with E-state index >= 15 is 0 Å². The molecule has 106 valence electrons. The predicted molar refractivity (Wildman–Crippen MR) is 88.2 cm³/mol. The summed E-state index contributed by atoms with van der Waals surface area (Å²) in [5, 5.41) is 0. The van der Waals surface area contributed by atoms with Crippen molar-refractivity contribution in [3.05, 3.63) is 50.9 Å². The van der Waals surface area contributed by atoms with E-state index < -0.39 is 10.0 Å². The minimum absolute atomic E-state index is 0.0458. The number of nitrogens with one attached hydrogen (secondary N) is 1. The van der Waals surface area contributed by atoms with Crippen LogP contribution in [0.4, 0.5) is 11.4 Å². The lowest BCUT2D eigenvalue weighted by atomic mass is 10.2. The molecule has 0 unspecified atom stereocenters. The van der Waals surface area contributed by atoms with Crippen molar-refractivity contribution < 1.29 is 8.42 Å². The van der Waals surface area contributed by atoms with E-state index in [4.69, 9.17) is 5.73 Å². The SMILES string of the molecule is Cc1cc(Br)cc(NS(=O)(=O)c2cc(Br)ccc2N)c1. The summed E-state index contributed by atoms with van der Waals surface area (Å²) in [5.41, 5.74) is 7.37. The fourth-order valence-electron chi connectivity index (χ4n) is 1.75. The van der Waals surface area contributed by atoms with Crippen LogP contribution in [0, 0.1) is 6.92 Å². The molecular formula is C13H12Br2N2O2S. The quantitative estimate of drug-likeness (QED) is 0.741. The van der Waals surface area contributed by atoms with Gasteiger partial charge in [0.15, 0.2) is 0 Å². The van der Waals surface area contributed by atoms with Crippen LogP contribution in [0.15, 0.2) is 50.2 Å². The van der Waals surface area contributed by atoms with E-state index in [1.54, 1.807) is 24.3 Å². The van der Waals surface area contributed by atoms with Gasteiger partial charge in [0.2, 0.25) is 0 Å². The molecule has 20 heavy (non-hydrogen) atoms. The fourth-order valence-corrected chi connectivity index (χ4v) is 4.07. The van der Waals surface area contributed by atoms with E-state index in [1.165, 1.54) is 6.07 Å². The lowest BCUT2D eigenvalue weighted by Crippen LogP contribution is -2.15. The Kier molecular flexibility index (Phi) is 4.41. The normalized spacial score (nSPS) is 11.3. The number of nitrogens with two attached hydrogens (primary N) is 1. The van der Waals surface area contributed by atoms with Gasteiger partial charge in [-0.05, 0) is 48.9 Å². The summed E-state index contributed by atoms with van der Waals surface area (Å²) in [4.78, 5) is 0.0458. The second kappa shape index (κ2) is 5.75. The number of hydrogen-bond donors (Lipinski definition) is 2.